The van der Waals surface area contributed by atoms with Crippen molar-refractivity contribution < 1.29 is 9.47 Å². The van der Waals surface area contributed by atoms with Crippen molar-refractivity contribution in [3.05, 3.63) is 0 Å². The number of rotatable bonds is 12. The molecule has 0 bridgehead atoms. The summed E-state index contributed by atoms with van der Waals surface area (Å²) in [7, 11) is 1.80. The highest BCUT2D eigenvalue weighted by Crippen LogP contribution is 2.28. The Labute approximate surface area is 123 Å². The number of ether oxygens (including phenoxy) is 2. The van der Waals surface area contributed by atoms with Gasteiger partial charge in [-0.05, 0) is 44.9 Å². The molecule has 5 nitrogen and oxygen atoms in total. The first-order chi connectivity index (χ1) is 9.86. The first-order valence-corrected chi connectivity index (χ1v) is 7.96. The van der Waals surface area contributed by atoms with E-state index in [1.807, 2.05) is 6.92 Å². The lowest BCUT2D eigenvalue weighted by Gasteiger charge is -2.11. The molecule has 0 aliphatic heterocycles. The molecule has 0 aromatic heterocycles. The Balaban J connectivity index is 1.85. The third-order valence-corrected chi connectivity index (χ3v) is 3.24. The van der Waals surface area contributed by atoms with Gasteiger partial charge in [-0.3, -0.25) is 4.99 Å². The van der Waals surface area contributed by atoms with Crippen molar-refractivity contribution in [1.82, 2.24) is 10.6 Å². The fourth-order valence-corrected chi connectivity index (χ4v) is 1.82. The minimum atomic E-state index is 0.805. The molecule has 1 saturated carbocycles. The van der Waals surface area contributed by atoms with E-state index in [0.29, 0.717) is 0 Å². The van der Waals surface area contributed by atoms with Gasteiger partial charge in [-0.2, -0.15) is 0 Å². The zero-order valence-corrected chi connectivity index (χ0v) is 13.1. The molecule has 0 amide bonds. The van der Waals surface area contributed by atoms with Crippen LogP contribution in [0.2, 0.25) is 0 Å². The molecule has 0 unspecified atom stereocenters. The van der Waals surface area contributed by atoms with Crippen molar-refractivity contribution >= 4 is 5.96 Å². The van der Waals surface area contributed by atoms with E-state index in [2.05, 4.69) is 15.6 Å². The smallest absolute Gasteiger partial charge is 0.190 e. The number of hydrogen-bond acceptors (Lipinski definition) is 3. The van der Waals surface area contributed by atoms with Crippen LogP contribution in [0.3, 0.4) is 0 Å². The van der Waals surface area contributed by atoms with Crippen LogP contribution in [0.4, 0.5) is 0 Å². The van der Waals surface area contributed by atoms with Crippen LogP contribution in [0.25, 0.3) is 0 Å². The van der Waals surface area contributed by atoms with Crippen LogP contribution >= 0.6 is 0 Å². The molecule has 1 rings (SSSR count). The molecule has 5 heteroatoms. The van der Waals surface area contributed by atoms with Crippen molar-refractivity contribution in [3.63, 3.8) is 0 Å². The van der Waals surface area contributed by atoms with Crippen LogP contribution in [0, 0.1) is 5.92 Å². The monoisotopic (exact) mass is 285 g/mol. The minimum Gasteiger partial charge on any atom is -0.382 e. The van der Waals surface area contributed by atoms with Gasteiger partial charge in [-0.15, -0.1) is 0 Å². The topological polar surface area (TPSA) is 54.9 Å². The quantitative estimate of drug-likeness (QED) is 0.326. The molecular formula is C15H31N3O2. The second-order valence-electron chi connectivity index (χ2n) is 5.20. The zero-order chi connectivity index (χ0) is 14.5. The van der Waals surface area contributed by atoms with E-state index in [-0.39, 0.29) is 0 Å². The minimum absolute atomic E-state index is 0.805. The molecule has 1 aliphatic rings. The van der Waals surface area contributed by atoms with Crippen LogP contribution in [0.1, 0.15) is 39.0 Å². The lowest BCUT2D eigenvalue weighted by atomic mass is 10.3. The van der Waals surface area contributed by atoms with Gasteiger partial charge in [0.2, 0.25) is 0 Å². The van der Waals surface area contributed by atoms with Crippen molar-refractivity contribution in [2.45, 2.75) is 39.0 Å². The SMILES string of the molecule is CCOCCCCNC(=NC)NCCCOCC1CC1. The Morgan fingerprint density at radius 3 is 2.40 bits per heavy atom. The molecule has 2 N–H and O–H groups in total. The fourth-order valence-electron chi connectivity index (χ4n) is 1.82. The first kappa shape index (κ1) is 17.2. The Morgan fingerprint density at radius 2 is 1.75 bits per heavy atom. The molecule has 118 valence electrons. The Hall–Kier alpha value is -0.810. The first-order valence-electron chi connectivity index (χ1n) is 7.96. The maximum absolute atomic E-state index is 5.59. The summed E-state index contributed by atoms with van der Waals surface area (Å²) in [5, 5.41) is 6.61. The van der Waals surface area contributed by atoms with Crippen LogP contribution in [0.5, 0.6) is 0 Å². The number of guanidine groups is 1. The largest absolute Gasteiger partial charge is 0.382 e. The number of hydrogen-bond donors (Lipinski definition) is 2. The summed E-state index contributed by atoms with van der Waals surface area (Å²) < 4.78 is 10.9. The summed E-state index contributed by atoms with van der Waals surface area (Å²) in [5.41, 5.74) is 0. The standard InChI is InChI=1S/C15H31N3O2/c1-3-19-11-5-4-9-17-15(16-2)18-10-6-12-20-13-14-7-8-14/h14H,3-13H2,1-2H3,(H2,16,17,18). The number of unbranched alkanes of at least 4 members (excludes halogenated alkanes) is 1. The van der Waals surface area contributed by atoms with Gasteiger partial charge in [0.1, 0.15) is 0 Å². The second-order valence-corrected chi connectivity index (χ2v) is 5.20. The fraction of sp³-hybridized carbons (Fsp3) is 0.933. The Morgan fingerprint density at radius 1 is 1.05 bits per heavy atom. The van der Waals surface area contributed by atoms with E-state index >= 15 is 0 Å². The van der Waals surface area contributed by atoms with Crippen molar-refractivity contribution in [3.8, 4) is 0 Å². The highest BCUT2D eigenvalue weighted by Gasteiger charge is 2.20. The molecule has 1 fully saturated rings. The summed E-state index contributed by atoms with van der Waals surface area (Å²) in [6, 6.07) is 0. The molecule has 0 spiro atoms. The van der Waals surface area contributed by atoms with Crippen molar-refractivity contribution in [1.29, 1.82) is 0 Å². The van der Waals surface area contributed by atoms with Crippen LogP contribution < -0.4 is 10.6 Å². The van der Waals surface area contributed by atoms with Gasteiger partial charge >= 0.3 is 0 Å². The van der Waals surface area contributed by atoms with Crippen LogP contribution in [0.15, 0.2) is 4.99 Å². The van der Waals surface area contributed by atoms with Crippen molar-refractivity contribution in [2.75, 3.05) is 46.6 Å². The van der Waals surface area contributed by atoms with Gasteiger partial charge in [-0.25, -0.2) is 0 Å². The number of nitrogens with zero attached hydrogens (tertiary/aromatic N) is 1. The maximum atomic E-state index is 5.59. The predicted octanol–water partition coefficient (Wildman–Crippen LogP) is 1.78. The lowest BCUT2D eigenvalue weighted by molar-refractivity contribution is 0.123. The summed E-state index contributed by atoms with van der Waals surface area (Å²) >= 11 is 0. The lowest BCUT2D eigenvalue weighted by Crippen LogP contribution is -2.38. The molecule has 1 aliphatic carbocycles. The number of nitrogens with one attached hydrogen (secondary N) is 2. The summed E-state index contributed by atoms with van der Waals surface area (Å²) in [6.07, 6.45) is 5.94. The molecule has 20 heavy (non-hydrogen) atoms. The average molecular weight is 285 g/mol. The third kappa shape index (κ3) is 10.0. The summed E-state index contributed by atoms with van der Waals surface area (Å²) in [4.78, 5) is 4.20. The molecule has 0 aromatic carbocycles. The van der Waals surface area contributed by atoms with E-state index in [4.69, 9.17) is 9.47 Å². The molecule has 0 heterocycles. The molecule has 0 saturated heterocycles. The van der Waals surface area contributed by atoms with Crippen LogP contribution in [-0.4, -0.2) is 52.5 Å². The van der Waals surface area contributed by atoms with Gasteiger partial charge in [-0.1, -0.05) is 0 Å². The zero-order valence-electron chi connectivity index (χ0n) is 13.1. The molecule has 0 aromatic rings. The maximum Gasteiger partial charge on any atom is 0.190 e. The predicted molar refractivity (Wildman–Crippen MR) is 83.3 cm³/mol. The Kier molecular flexibility index (Phi) is 10.3. The van der Waals surface area contributed by atoms with Gasteiger partial charge in [0, 0.05) is 46.6 Å². The van der Waals surface area contributed by atoms with E-state index < -0.39 is 0 Å². The summed E-state index contributed by atoms with van der Waals surface area (Å²) in [5.74, 6) is 1.73. The van der Waals surface area contributed by atoms with Gasteiger partial charge in [0.25, 0.3) is 0 Å². The highest BCUT2D eigenvalue weighted by molar-refractivity contribution is 5.79. The molecular weight excluding hydrogens is 254 g/mol. The molecule has 0 radical (unpaired) electrons. The van der Waals surface area contributed by atoms with Crippen molar-refractivity contribution in [2.24, 2.45) is 10.9 Å². The van der Waals surface area contributed by atoms with E-state index in [0.717, 1.165) is 70.7 Å². The number of aliphatic imine (C=N–C) groups is 1. The normalized spacial score (nSPS) is 15.4. The van der Waals surface area contributed by atoms with E-state index in [1.54, 1.807) is 7.05 Å². The highest BCUT2D eigenvalue weighted by atomic mass is 16.5. The third-order valence-electron chi connectivity index (χ3n) is 3.24. The van der Waals surface area contributed by atoms with Crippen LogP contribution in [-0.2, 0) is 9.47 Å². The summed E-state index contributed by atoms with van der Waals surface area (Å²) in [6.45, 7) is 7.32. The van der Waals surface area contributed by atoms with Gasteiger partial charge < -0.3 is 20.1 Å². The van der Waals surface area contributed by atoms with Gasteiger partial charge in [0.05, 0.1) is 0 Å². The Bertz CT molecular complexity index is 256. The molecule has 0 atom stereocenters. The van der Waals surface area contributed by atoms with E-state index in [9.17, 15) is 0 Å². The average Bonchev–Trinajstić information content (AvgIpc) is 3.28. The van der Waals surface area contributed by atoms with E-state index in [1.165, 1.54) is 12.8 Å². The second kappa shape index (κ2) is 12.0. The van der Waals surface area contributed by atoms with Gasteiger partial charge in [0.15, 0.2) is 5.96 Å².